The Labute approximate surface area is 175 Å². The molecule has 0 fully saturated rings. The molecule has 0 amide bonds. The standard InChI is InChI=1S/C24H28N2O4/c1-3-14-8-15-9-17(10-16(15)11-20(14)13(2)27)25-12-22(29)18-4-6-21(28)24-19(18)5-7-23(30)26-24/h4-8,11,13,17,22,25,27-29H,3,9-10,12H2,1-2H3,(H,26,30)/t13?,17?,22-/m0/s1. The number of phenols is 1. The Bertz CT molecular complexity index is 1140. The first-order valence-corrected chi connectivity index (χ1v) is 10.5. The number of benzene rings is 2. The second-order valence-electron chi connectivity index (χ2n) is 8.16. The zero-order valence-electron chi connectivity index (χ0n) is 17.3. The summed E-state index contributed by atoms with van der Waals surface area (Å²) in [6, 6.07) is 10.7. The summed E-state index contributed by atoms with van der Waals surface area (Å²) in [5.74, 6) is -0.0153. The minimum Gasteiger partial charge on any atom is -0.506 e. The average molecular weight is 408 g/mol. The first kappa shape index (κ1) is 20.6. The predicted molar refractivity (Wildman–Crippen MR) is 117 cm³/mol. The molecule has 3 aromatic rings. The van der Waals surface area contributed by atoms with E-state index in [0.717, 1.165) is 24.8 Å². The van der Waals surface area contributed by atoms with Crippen LogP contribution in [0.3, 0.4) is 0 Å². The van der Waals surface area contributed by atoms with Crippen LogP contribution in [0.1, 0.15) is 53.9 Å². The van der Waals surface area contributed by atoms with E-state index in [1.54, 1.807) is 19.1 Å². The maximum atomic E-state index is 11.6. The van der Waals surface area contributed by atoms with E-state index in [4.69, 9.17) is 0 Å². The molecule has 158 valence electrons. The van der Waals surface area contributed by atoms with Gasteiger partial charge in [-0.3, -0.25) is 4.79 Å². The third kappa shape index (κ3) is 3.86. The van der Waals surface area contributed by atoms with Gasteiger partial charge >= 0.3 is 0 Å². The van der Waals surface area contributed by atoms with Crippen LogP contribution in [0.2, 0.25) is 0 Å². The lowest BCUT2D eigenvalue weighted by molar-refractivity contribution is 0.171. The number of nitrogens with one attached hydrogen (secondary N) is 2. The molecule has 0 bridgehead atoms. The number of aliphatic hydroxyl groups excluding tert-OH is 2. The second kappa shape index (κ2) is 8.22. The highest BCUT2D eigenvalue weighted by Crippen LogP contribution is 2.31. The van der Waals surface area contributed by atoms with Crippen molar-refractivity contribution in [1.82, 2.24) is 10.3 Å². The van der Waals surface area contributed by atoms with Gasteiger partial charge in [0.1, 0.15) is 5.75 Å². The zero-order chi connectivity index (χ0) is 21.4. The third-order valence-corrected chi connectivity index (χ3v) is 6.09. The van der Waals surface area contributed by atoms with Gasteiger partial charge in [0.15, 0.2) is 0 Å². The van der Waals surface area contributed by atoms with Crippen molar-refractivity contribution in [3.63, 3.8) is 0 Å². The molecule has 1 aliphatic rings. The van der Waals surface area contributed by atoms with Gasteiger partial charge in [-0.05, 0) is 66.1 Å². The SMILES string of the molecule is CCc1cc2c(cc1C(C)O)CC(NC[C@H](O)c1ccc(O)c3[nH]c(=O)ccc13)C2. The summed E-state index contributed by atoms with van der Waals surface area (Å²) in [6.45, 7) is 4.27. The van der Waals surface area contributed by atoms with Crippen LogP contribution in [0.4, 0.5) is 0 Å². The fraction of sp³-hybridized carbons (Fsp3) is 0.375. The Kier molecular flexibility index (Phi) is 5.64. The van der Waals surface area contributed by atoms with Gasteiger partial charge in [-0.25, -0.2) is 0 Å². The first-order chi connectivity index (χ1) is 14.4. The fourth-order valence-corrected chi connectivity index (χ4v) is 4.52. The third-order valence-electron chi connectivity index (χ3n) is 6.09. The monoisotopic (exact) mass is 408 g/mol. The van der Waals surface area contributed by atoms with Gasteiger partial charge in [0.2, 0.25) is 5.56 Å². The highest BCUT2D eigenvalue weighted by Gasteiger charge is 2.24. The molecule has 6 nitrogen and oxygen atoms in total. The van der Waals surface area contributed by atoms with E-state index in [2.05, 4.69) is 29.4 Å². The van der Waals surface area contributed by atoms with Crippen LogP contribution in [0.25, 0.3) is 10.9 Å². The molecule has 2 aromatic carbocycles. The molecule has 0 saturated carbocycles. The molecular weight excluding hydrogens is 380 g/mol. The van der Waals surface area contributed by atoms with E-state index in [-0.39, 0.29) is 17.4 Å². The Balaban J connectivity index is 1.49. The normalized spacial score (nSPS) is 17.8. The molecule has 4 rings (SSSR count). The van der Waals surface area contributed by atoms with Crippen molar-refractivity contribution in [3.05, 3.63) is 74.6 Å². The highest BCUT2D eigenvalue weighted by atomic mass is 16.3. The maximum Gasteiger partial charge on any atom is 0.248 e. The van der Waals surface area contributed by atoms with E-state index >= 15 is 0 Å². The van der Waals surface area contributed by atoms with E-state index in [9.17, 15) is 20.1 Å². The molecular formula is C24H28N2O4. The minimum atomic E-state index is -0.776. The van der Waals surface area contributed by atoms with Crippen molar-refractivity contribution in [2.75, 3.05) is 6.54 Å². The van der Waals surface area contributed by atoms with Crippen LogP contribution in [-0.4, -0.2) is 32.9 Å². The molecule has 0 aliphatic heterocycles. The molecule has 6 heteroatoms. The number of hydrogen-bond acceptors (Lipinski definition) is 5. The van der Waals surface area contributed by atoms with E-state index in [1.807, 2.05) is 0 Å². The van der Waals surface area contributed by atoms with Gasteiger partial charge in [0.05, 0.1) is 17.7 Å². The average Bonchev–Trinajstić information content (AvgIpc) is 3.13. The van der Waals surface area contributed by atoms with Crippen LogP contribution in [0.5, 0.6) is 5.75 Å². The van der Waals surface area contributed by atoms with Gasteiger partial charge in [0, 0.05) is 24.0 Å². The van der Waals surface area contributed by atoms with Gasteiger partial charge in [-0.2, -0.15) is 0 Å². The number of aromatic hydroxyl groups is 1. The summed E-state index contributed by atoms with van der Waals surface area (Å²) >= 11 is 0. The smallest absolute Gasteiger partial charge is 0.248 e. The largest absolute Gasteiger partial charge is 0.506 e. The number of rotatable bonds is 6. The van der Waals surface area contributed by atoms with Crippen LogP contribution in [0, 0.1) is 0 Å². The molecule has 3 atom stereocenters. The van der Waals surface area contributed by atoms with Gasteiger partial charge in [0.25, 0.3) is 0 Å². The van der Waals surface area contributed by atoms with Crippen LogP contribution in [-0.2, 0) is 19.3 Å². The van der Waals surface area contributed by atoms with Crippen molar-refractivity contribution >= 4 is 10.9 Å². The van der Waals surface area contributed by atoms with Crippen molar-refractivity contribution in [2.24, 2.45) is 0 Å². The summed E-state index contributed by atoms with van der Waals surface area (Å²) in [4.78, 5) is 14.2. The highest BCUT2D eigenvalue weighted by molar-refractivity contribution is 5.87. The van der Waals surface area contributed by atoms with Crippen molar-refractivity contribution in [3.8, 4) is 5.75 Å². The number of fused-ring (bicyclic) bond motifs is 2. The Hall–Kier alpha value is -2.67. The Morgan fingerprint density at radius 2 is 1.83 bits per heavy atom. The number of aryl methyl sites for hydroxylation is 1. The minimum absolute atomic E-state index is 0.0153. The summed E-state index contributed by atoms with van der Waals surface area (Å²) in [5.41, 5.74) is 5.44. The first-order valence-electron chi connectivity index (χ1n) is 10.5. The quantitative estimate of drug-likeness (QED) is 0.431. The molecule has 1 aromatic heterocycles. The molecule has 0 radical (unpaired) electrons. The summed E-state index contributed by atoms with van der Waals surface area (Å²) in [7, 11) is 0. The summed E-state index contributed by atoms with van der Waals surface area (Å²) in [6.07, 6.45) is 1.38. The van der Waals surface area contributed by atoms with Gasteiger partial charge in [-0.1, -0.05) is 25.1 Å². The summed E-state index contributed by atoms with van der Waals surface area (Å²) in [5, 5.41) is 35.0. The number of pyridine rings is 1. The lowest BCUT2D eigenvalue weighted by Crippen LogP contribution is -2.33. The molecule has 0 spiro atoms. The number of phenolic OH excluding ortho intramolecular Hbond substituents is 1. The fourth-order valence-electron chi connectivity index (χ4n) is 4.52. The maximum absolute atomic E-state index is 11.6. The molecule has 30 heavy (non-hydrogen) atoms. The van der Waals surface area contributed by atoms with Crippen molar-refractivity contribution in [2.45, 2.75) is 51.4 Å². The van der Waals surface area contributed by atoms with Crippen LogP contribution < -0.4 is 10.9 Å². The summed E-state index contributed by atoms with van der Waals surface area (Å²) < 4.78 is 0. The number of aromatic nitrogens is 1. The lowest BCUT2D eigenvalue weighted by atomic mass is 9.95. The molecule has 1 aliphatic carbocycles. The van der Waals surface area contributed by atoms with E-state index in [1.165, 1.54) is 28.8 Å². The number of hydrogen-bond donors (Lipinski definition) is 5. The lowest BCUT2D eigenvalue weighted by Gasteiger charge is -2.18. The molecule has 0 saturated heterocycles. The number of H-pyrrole nitrogens is 1. The Morgan fingerprint density at radius 3 is 2.53 bits per heavy atom. The van der Waals surface area contributed by atoms with Gasteiger partial charge in [-0.15, -0.1) is 0 Å². The zero-order valence-corrected chi connectivity index (χ0v) is 17.3. The van der Waals surface area contributed by atoms with Gasteiger partial charge < -0.3 is 25.6 Å². The van der Waals surface area contributed by atoms with E-state index < -0.39 is 12.2 Å². The van der Waals surface area contributed by atoms with Crippen molar-refractivity contribution in [1.29, 1.82) is 0 Å². The molecule has 2 unspecified atom stereocenters. The van der Waals surface area contributed by atoms with Crippen molar-refractivity contribution < 1.29 is 15.3 Å². The number of aliphatic hydroxyl groups is 2. The second-order valence-corrected chi connectivity index (χ2v) is 8.16. The van der Waals surface area contributed by atoms with Crippen LogP contribution in [0.15, 0.2) is 41.2 Å². The predicted octanol–water partition coefficient (Wildman–Crippen LogP) is 2.64. The topological polar surface area (TPSA) is 106 Å². The molecule has 1 heterocycles. The number of aromatic amines is 1. The molecule has 5 N–H and O–H groups in total. The van der Waals surface area contributed by atoms with E-state index in [0.29, 0.717) is 23.0 Å². The Morgan fingerprint density at radius 1 is 1.10 bits per heavy atom. The van der Waals surface area contributed by atoms with Crippen LogP contribution >= 0.6 is 0 Å².